The van der Waals surface area contributed by atoms with Gasteiger partial charge in [0.05, 0.1) is 16.7 Å². The standard InChI is InChI=1S/C27H23BrN2O5/c28-22-10-9-16(24(31)32)13-23(22)30-25(33)27(11-12-27)15-29-26(34)35-14-21-19-7-3-1-5-17(19)18-6-2-4-8-20(18)21/h1-10,13,21H,11-12,14-15H2,(H,29,34)(H,30,33)(H,31,32). The zero-order chi connectivity index (χ0) is 24.6. The highest BCUT2D eigenvalue weighted by Gasteiger charge is 2.50. The van der Waals surface area contributed by atoms with Gasteiger partial charge in [0.15, 0.2) is 0 Å². The van der Waals surface area contributed by atoms with Crippen molar-refractivity contribution in [2.24, 2.45) is 5.41 Å². The third-order valence-corrected chi connectivity index (χ3v) is 7.40. The molecule has 0 heterocycles. The second-order valence-corrected chi connectivity index (χ2v) is 9.77. The Kier molecular flexibility index (Phi) is 6.06. The molecule has 1 fully saturated rings. The summed E-state index contributed by atoms with van der Waals surface area (Å²) < 4.78 is 6.15. The molecule has 8 heteroatoms. The number of aromatic carboxylic acids is 1. The van der Waals surface area contributed by atoms with E-state index in [0.717, 1.165) is 22.3 Å². The van der Waals surface area contributed by atoms with E-state index < -0.39 is 17.5 Å². The average molecular weight is 535 g/mol. The third-order valence-electron chi connectivity index (χ3n) is 6.71. The first-order valence-electron chi connectivity index (χ1n) is 11.3. The monoisotopic (exact) mass is 534 g/mol. The topological polar surface area (TPSA) is 105 Å². The van der Waals surface area contributed by atoms with E-state index in [9.17, 15) is 19.5 Å². The van der Waals surface area contributed by atoms with Crippen molar-refractivity contribution < 1.29 is 24.2 Å². The molecule has 5 rings (SSSR count). The van der Waals surface area contributed by atoms with E-state index in [1.54, 1.807) is 6.07 Å². The molecule has 178 valence electrons. The number of carbonyl (C=O) groups excluding carboxylic acids is 2. The van der Waals surface area contributed by atoms with Crippen molar-refractivity contribution in [1.29, 1.82) is 0 Å². The maximum atomic E-state index is 12.9. The second-order valence-electron chi connectivity index (χ2n) is 8.91. The minimum absolute atomic E-state index is 0.0369. The van der Waals surface area contributed by atoms with Gasteiger partial charge in [-0.2, -0.15) is 0 Å². The molecule has 2 aliphatic carbocycles. The maximum absolute atomic E-state index is 12.9. The summed E-state index contributed by atoms with van der Waals surface area (Å²) in [4.78, 5) is 36.7. The smallest absolute Gasteiger partial charge is 0.407 e. The number of carbonyl (C=O) groups is 3. The number of ether oxygens (including phenoxy) is 1. The molecule has 3 aromatic carbocycles. The number of halogens is 1. The Balaban J connectivity index is 1.19. The molecular weight excluding hydrogens is 512 g/mol. The summed E-state index contributed by atoms with van der Waals surface area (Å²) in [6.07, 6.45) is 0.678. The van der Waals surface area contributed by atoms with Gasteiger partial charge in [0.2, 0.25) is 5.91 Å². The number of alkyl carbamates (subject to hydrolysis) is 1. The number of carboxylic acids is 1. The number of nitrogens with one attached hydrogen (secondary N) is 2. The lowest BCUT2D eigenvalue weighted by atomic mass is 9.98. The highest BCUT2D eigenvalue weighted by molar-refractivity contribution is 9.10. The molecule has 0 unspecified atom stereocenters. The number of fused-ring (bicyclic) bond motifs is 3. The number of anilines is 1. The van der Waals surface area contributed by atoms with Crippen molar-refractivity contribution in [3.63, 3.8) is 0 Å². The van der Waals surface area contributed by atoms with Crippen molar-refractivity contribution in [3.05, 3.63) is 87.9 Å². The van der Waals surface area contributed by atoms with E-state index in [0.29, 0.717) is 23.0 Å². The first-order chi connectivity index (χ1) is 16.9. The minimum Gasteiger partial charge on any atom is -0.478 e. The van der Waals surface area contributed by atoms with Gasteiger partial charge in [0.25, 0.3) is 0 Å². The van der Waals surface area contributed by atoms with Crippen LogP contribution in [0, 0.1) is 5.41 Å². The lowest BCUT2D eigenvalue weighted by molar-refractivity contribution is -0.120. The van der Waals surface area contributed by atoms with Gasteiger partial charge >= 0.3 is 12.1 Å². The van der Waals surface area contributed by atoms with E-state index in [2.05, 4.69) is 50.8 Å². The number of carboxylic acid groups (broad SMARTS) is 1. The number of hydrogen-bond acceptors (Lipinski definition) is 4. The number of rotatable bonds is 7. The number of amides is 2. The summed E-state index contributed by atoms with van der Waals surface area (Å²) in [6, 6.07) is 20.7. The summed E-state index contributed by atoms with van der Waals surface area (Å²) in [5, 5.41) is 14.7. The highest BCUT2D eigenvalue weighted by Crippen LogP contribution is 2.47. The average Bonchev–Trinajstić information content (AvgIpc) is 3.59. The predicted molar refractivity (Wildman–Crippen MR) is 134 cm³/mol. The normalized spacial score (nSPS) is 15.0. The van der Waals surface area contributed by atoms with Crippen molar-refractivity contribution in [2.75, 3.05) is 18.5 Å². The van der Waals surface area contributed by atoms with Crippen LogP contribution in [-0.2, 0) is 9.53 Å². The third kappa shape index (κ3) is 4.53. The minimum atomic E-state index is -1.08. The molecule has 1 saturated carbocycles. The van der Waals surface area contributed by atoms with Gasteiger partial charge in [-0.05, 0) is 69.2 Å². The van der Waals surface area contributed by atoms with Crippen molar-refractivity contribution in [3.8, 4) is 11.1 Å². The van der Waals surface area contributed by atoms with Gasteiger partial charge in [-0.15, -0.1) is 0 Å². The van der Waals surface area contributed by atoms with Gasteiger partial charge in [-0.1, -0.05) is 48.5 Å². The maximum Gasteiger partial charge on any atom is 0.407 e. The van der Waals surface area contributed by atoms with Crippen LogP contribution in [0.4, 0.5) is 10.5 Å². The quantitative estimate of drug-likeness (QED) is 0.376. The Morgan fingerprint density at radius 1 is 0.971 bits per heavy atom. The lowest BCUT2D eigenvalue weighted by Crippen LogP contribution is -2.37. The van der Waals surface area contributed by atoms with E-state index in [-0.39, 0.29) is 30.5 Å². The van der Waals surface area contributed by atoms with Gasteiger partial charge < -0.3 is 20.5 Å². The molecule has 0 aromatic heterocycles. The number of benzene rings is 3. The molecule has 3 N–H and O–H groups in total. The van der Waals surface area contributed by atoms with E-state index in [4.69, 9.17) is 4.74 Å². The molecule has 3 aromatic rings. The molecule has 0 spiro atoms. The summed E-state index contributed by atoms with van der Waals surface area (Å²) in [5.41, 5.74) is 4.30. The fourth-order valence-electron chi connectivity index (χ4n) is 4.53. The Bertz CT molecular complexity index is 1290. The molecule has 0 atom stereocenters. The summed E-state index contributed by atoms with van der Waals surface area (Å²) in [6.45, 7) is 0.347. The van der Waals surface area contributed by atoms with Crippen LogP contribution in [0.15, 0.2) is 71.2 Å². The molecule has 0 radical (unpaired) electrons. The van der Waals surface area contributed by atoms with Gasteiger partial charge in [0.1, 0.15) is 6.61 Å². The Morgan fingerprint density at radius 3 is 2.20 bits per heavy atom. The molecule has 2 aliphatic rings. The Labute approximate surface area is 210 Å². The molecule has 7 nitrogen and oxygen atoms in total. The molecule has 2 amide bonds. The molecular formula is C27H23BrN2O5. The molecule has 0 aliphatic heterocycles. The van der Waals surface area contributed by atoms with Crippen molar-refractivity contribution in [1.82, 2.24) is 5.32 Å². The molecule has 0 saturated heterocycles. The summed E-state index contributed by atoms with van der Waals surface area (Å²) in [7, 11) is 0. The molecule has 0 bridgehead atoms. The van der Waals surface area contributed by atoms with Crippen LogP contribution in [0.5, 0.6) is 0 Å². The highest BCUT2D eigenvalue weighted by atomic mass is 79.9. The van der Waals surface area contributed by atoms with E-state index in [1.807, 2.05) is 24.3 Å². The zero-order valence-corrected chi connectivity index (χ0v) is 20.3. The van der Waals surface area contributed by atoms with Crippen LogP contribution < -0.4 is 10.6 Å². The predicted octanol–water partition coefficient (Wildman–Crippen LogP) is 5.40. The van der Waals surface area contributed by atoms with Crippen LogP contribution in [0.25, 0.3) is 11.1 Å². The van der Waals surface area contributed by atoms with E-state index >= 15 is 0 Å². The Hall–Kier alpha value is -3.65. The van der Waals surface area contributed by atoms with Crippen LogP contribution >= 0.6 is 15.9 Å². The van der Waals surface area contributed by atoms with Crippen LogP contribution in [0.2, 0.25) is 0 Å². The second kappa shape index (κ2) is 9.19. The zero-order valence-electron chi connectivity index (χ0n) is 18.7. The molecule has 35 heavy (non-hydrogen) atoms. The fraction of sp³-hybridized carbons (Fsp3) is 0.222. The van der Waals surface area contributed by atoms with Crippen molar-refractivity contribution >= 4 is 39.6 Å². The van der Waals surface area contributed by atoms with Crippen LogP contribution in [-0.4, -0.2) is 36.2 Å². The fourth-order valence-corrected chi connectivity index (χ4v) is 4.88. The summed E-state index contributed by atoms with van der Waals surface area (Å²) >= 11 is 3.34. The van der Waals surface area contributed by atoms with Gasteiger partial charge in [-0.25, -0.2) is 9.59 Å². The largest absolute Gasteiger partial charge is 0.478 e. The first-order valence-corrected chi connectivity index (χ1v) is 12.1. The van der Waals surface area contributed by atoms with Crippen molar-refractivity contribution in [2.45, 2.75) is 18.8 Å². The SMILES string of the molecule is O=C(NCC1(C(=O)Nc2cc(C(=O)O)ccc2Br)CC1)OCC1c2ccccc2-c2ccccc21. The number of hydrogen-bond donors (Lipinski definition) is 3. The first kappa shape index (κ1) is 23.1. The van der Waals surface area contributed by atoms with E-state index in [1.165, 1.54) is 12.1 Å². The Morgan fingerprint density at radius 2 is 1.60 bits per heavy atom. The van der Waals surface area contributed by atoms with Gasteiger partial charge in [-0.3, -0.25) is 4.79 Å². The lowest BCUT2D eigenvalue weighted by Gasteiger charge is -2.18. The van der Waals surface area contributed by atoms with Crippen LogP contribution in [0.1, 0.15) is 40.2 Å². The van der Waals surface area contributed by atoms with Crippen LogP contribution in [0.3, 0.4) is 0 Å². The summed E-state index contributed by atoms with van der Waals surface area (Å²) in [5.74, 6) is -1.38. The van der Waals surface area contributed by atoms with Gasteiger partial charge in [0, 0.05) is 16.9 Å².